The number of ether oxygens (including phenoxy) is 4. The Bertz CT molecular complexity index is 837. The van der Waals surface area contributed by atoms with Crippen LogP contribution in [0.1, 0.15) is 36.7 Å². The monoisotopic (exact) mass is 389 g/mol. The fourth-order valence-corrected chi connectivity index (χ4v) is 2.52. The van der Waals surface area contributed by atoms with E-state index in [1.54, 1.807) is 26.8 Å². The SMILES string of the molecule is CCOc1cc(C(=O)Oc2cc(C)ccc2[N+](=O)[O-])cc(OCC)c1OCC. The van der Waals surface area contributed by atoms with Gasteiger partial charge in [-0.25, -0.2) is 4.79 Å². The Morgan fingerprint density at radius 3 is 2.00 bits per heavy atom. The van der Waals surface area contributed by atoms with Gasteiger partial charge in [-0.05, 0) is 51.5 Å². The summed E-state index contributed by atoms with van der Waals surface area (Å²) in [5, 5.41) is 11.2. The van der Waals surface area contributed by atoms with E-state index in [1.165, 1.54) is 24.3 Å². The van der Waals surface area contributed by atoms with Gasteiger partial charge in [0.05, 0.1) is 30.3 Å². The van der Waals surface area contributed by atoms with E-state index in [1.807, 2.05) is 6.92 Å². The molecule has 2 rings (SSSR count). The summed E-state index contributed by atoms with van der Waals surface area (Å²) >= 11 is 0. The van der Waals surface area contributed by atoms with Gasteiger partial charge in [0, 0.05) is 6.07 Å². The minimum absolute atomic E-state index is 0.125. The highest BCUT2D eigenvalue weighted by Gasteiger charge is 2.22. The second-order valence-electron chi connectivity index (χ2n) is 5.72. The number of nitro benzene ring substituents is 1. The number of aryl methyl sites for hydroxylation is 1. The van der Waals surface area contributed by atoms with Gasteiger partial charge in [-0.3, -0.25) is 10.1 Å². The highest BCUT2D eigenvalue weighted by molar-refractivity contribution is 5.93. The van der Waals surface area contributed by atoms with Crippen molar-refractivity contribution in [2.45, 2.75) is 27.7 Å². The summed E-state index contributed by atoms with van der Waals surface area (Å²) < 4.78 is 22.1. The first-order valence-corrected chi connectivity index (χ1v) is 8.94. The summed E-state index contributed by atoms with van der Waals surface area (Å²) in [5.41, 5.74) is 0.566. The van der Waals surface area contributed by atoms with Gasteiger partial charge in [0.2, 0.25) is 11.5 Å². The highest BCUT2D eigenvalue weighted by atomic mass is 16.6. The molecule has 0 atom stereocenters. The molecule has 28 heavy (non-hydrogen) atoms. The van der Waals surface area contributed by atoms with Crippen LogP contribution in [0.3, 0.4) is 0 Å². The number of rotatable bonds is 9. The highest BCUT2D eigenvalue weighted by Crippen LogP contribution is 2.39. The topological polar surface area (TPSA) is 97.1 Å². The number of carbonyl (C=O) groups is 1. The van der Waals surface area contributed by atoms with E-state index in [0.717, 1.165) is 5.56 Å². The lowest BCUT2D eigenvalue weighted by molar-refractivity contribution is -0.385. The third kappa shape index (κ3) is 4.91. The summed E-state index contributed by atoms with van der Waals surface area (Å²) in [5.74, 6) is 0.171. The molecule has 2 aromatic carbocycles. The van der Waals surface area contributed by atoms with Crippen LogP contribution in [0.4, 0.5) is 5.69 Å². The molecule has 0 N–H and O–H groups in total. The number of nitro groups is 1. The zero-order valence-corrected chi connectivity index (χ0v) is 16.3. The average Bonchev–Trinajstić information content (AvgIpc) is 2.64. The first-order chi connectivity index (χ1) is 13.4. The molecule has 0 aliphatic carbocycles. The van der Waals surface area contributed by atoms with Crippen molar-refractivity contribution >= 4 is 11.7 Å². The minimum atomic E-state index is -0.765. The fourth-order valence-electron chi connectivity index (χ4n) is 2.52. The molecule has 0 unspecified atom stereocenters. The number of hydrogen-bond donors (Lipinski definition) is 0. The van der Waals surface area contributed by atoms with E-state index in [-0.39, 0.29) is 17.0 Å². The Morgan fingerprint density at radius 2 is 1.50 bits per heavy atom. The lowest BCUT2D eigenvalue weighted by atomic mass is 10.1. The summed E-state index contributed by atoms with van der Waals surface area (Å²) in [6, 6.07) is 7.26. The third-order valence-corrected chi connectivity index (χ3v) is 3.66. The van der Waals surface area contributed by atoms with E-state index in [4.69, 9.17) is 18.9 Å². The minimum Gasteiger partial charge on any atom is -0.490 e. The summed E-state index contributed by atoms with van der Waals surface area (Å²) in [6.45, 7) is 8.28. The first-order valence-electron chi connectivity index (χ1n) is 8.94. The molecule has 150 valence electrons. The van der Waals surface area contributed by atoms with Gasteiger partial charge >= 0.3 is 11.7 Å². The van der Waals surface area contributed by atoms with Crippen LogP contribution in [0.15, 0.2) is 30.3 Å². The maximum absolute atomic E-state index is 12.7. The van der Waals surface area contributed by atoms with Crippen LogP contribution in [-0.4, -0.2) is 30.7 Å². The number of carbonyl (C=O) groups excluding carboxylic acids is 1. The third-order valence-electron chi connectivity index (χ3n) is 3.66. The van der Waals surface area contributed by atoms with Crippen LogP contribution < -0.4 is 18.9 Å². The average molecular weight is 389 g/mol. The molecule has 8 heteroatoms. The summed E-state index contributed by atoms with van der Waals surface area (Å²) in [7, 11) is 0. The van der Waals surface area contributed by atoms with E-state index < -0.39 is 10.9 Å². The zero-order valence-electron chi connectivity index (χ0n) is 16.3. The van der Waals surface area contributed by atoms with E-state index in [2.05, 4.69) is 0 Å². The molecule has 0 radical (unpaired) electrons. The van der Waals surface area contributed by atoms with Crippen molar-refractivity contribution in [1.29, 1.82) is 0 Å². The molecular weight excluding hydrogens is 366 g/mol. The lowest BCUT2D eigenvalue weighted by Crippen LogP contribution is -2.12. The van der Waals surface area contributed by atoms with Crippen molar-refractivity contribution < 1.29 is 28.7 Å². The largest absolute Gasteiger partial charge is 0.490 e. The normalized spacial score (nSPS) is 10.3. The van der Waals surface area contributed by atoms with Crippen LogP contribution in [0.5, 0.6) is 23.0 Å². The fraction of sp³-hybridized carbons (Fsp3) is 0.350. The predicted molar refractivity (Wildman–Crippen MR) is 103 cm³/mol. The molecular formula is C20H23NO7. The Labute approximate surface area is 163 Å². The molecule has 0 aliphatic rings. The van der Waals surface area contributed by atoms with Crippen LogP contribution >= 0.6 is 0 Å². The zero-order chi connectivity index (χ0) is 20.7. The van der Waals surface area contributed by atoms with E-state index in [9.17, 15) is 14.9 Å². The summed E-state index contributed by atoms with van der Waals surface area (Å²) in [6.07, 6.45) is 0. The Kier molecular flexibility index (Phi) is 7.20. The maximum Gasteiger partial charge on any atom is 0.344 e. The molecule has 8 nitrogen and oxygen atoms in total. The van der Waals surface area contributed by atoms with Crippen molar-refractivity contribution in [2.24, 2.45) is 0 Å². The molecule has 0 spiro atoms. The maximum atomic E-state index is 12.7. The molecule has 0 bridgehead atoms. The van der Waals surface area contributed by atoms with Gasteiger partial charge in [0.25, 0.3) is 0 Å². The number of esters is 1. The molecule has 0 aromatic heterocycles. The van der Waals surface area contributed by atoms with Gasteiger partial charge in [-0.15, -0.1) is 0 Å². The Hall–Kier alpha value is -3.29. The van der Waals surface area contributed by atoms with Gasteiger partial charge in [-0.1, -0.05) is 6.07 Å². The summed E-state index contributed by atoms with van der Waals surface area (Å²) in [4.78, 5) is 23.3. The van der Waals surface area contributed by atoms with Crippen molar-refractivity contribution in [3.63, 3.8) is 0 Å². The van der Waals surface area contributed by atoms with Gasteiger partial charge in [0.15, 0.2) is 11.5 Å². The molecule has 0 amide bonds. The standard InChI is InChI=1S/C20H23NO7/c1-5-25-17-11-14(12-18(26-6-2)19(17)27-7-3)20(22)28-16-10-13(4)8-9-15(16)21(23)24/h8-12H,5-7H2,1-4H3. The second-order valence-corrected chi connectivity index (χ2v) is 5.72. The Balaban J connectivity index is 2.45. The van der Waals surface area contributed by atoms with Crippen LogP contribution in [-0.2, 0) is 0 Å². The van der Waals surface area contributed by atoms with Crippen LogP contribution in [0.2, 0.25) is 0 Å². The molecule has 0 aliphatic heterocycles. The molecule has 0 heterocycles. The van der Waals surface area contributed by atoms with Crippen LogP contribution in [0.25, 0.3) is 0 Å². The Morgan fingerprint density at radius 1 is 0.929 bits per heavy atom. The molecule has 2 aromatic rings. The van der Waals surface area contributed by atoms with E-state index in [0.29, 0.717) is 37.1 Å². The number of benzene rings is 2. The van der Waals surface area contributed by atoms with Gasteiger partial charge in [0.1, 0.15) is 0 Å². The van der Waals surface area contributed by atoms with Gasteiger partial charge < -0.3 is 18.9 Å². The molecule has 0 saturated carbocycles. The predicted octanol–water partition coefficient (Wildman–Crippen LogP) is 4.32. The smallest absolute Gasteiger partial charge is 0.344 e. The van der Waals surface area contributed by atoms with Crippen molar-refractivity contribution in [1.82, 2.24) is 0 Å². The van der Waals surface area contributed by atoms with Crippen LogP contribution in [0, 0.1) is 17.0 Å². The number of nitrogens with zero attached hydrogens (tertiary/aromatic N) is 1. The lowest BCUT2D eigenvalue weighted by Gasteiger charge is -2.16. The van der Waals surface area contributed by atoms with E-state index >= 15 is 0 Å². The molecule has 0 fully saturated rings. The first kappa shape index (κ1) is 21.0. The number of hydrogen-bond acceptors (Lipinski definition) is 7. The van der Waals surface area contributed by atoms with Crippen molar-refractivity contribution in [3.8, 4) is 23.0 Å². The molecule has 0 saturated heterocycles. The quantitative estimate of drug-likeness (QED) is 0.273. The van der Waals surface area contributed by atoms with Crippen molar-refractivity contribution in [3.05, 3.63) is 51.6 Å². The second kappa shape index (κ2) is 9.59. The van der Waals surface area contributed by atoms with Crippen molar-refractivity contribution in [2.75, 3.05) is 19.8 Å². The van der Waals surface area contributed by atoms with Gasteiger partial charge in [-0.2, -0.15) is 0 Å².